The van der Waals surface area contributed by atoms with Crippen molar-refractivity contribution in [2.45, 2.75) is 89.8 Å². The van der Waals surface area contributed by atoms with E-state index in [1.54, 1.807) is 0 Å². The van der Waals surface area contributed by atoms with Gasteiger partial charge in [-0.2, -0.15) is 0 Å². The number of halogens is 1. The Hall–Kier alpha value is -1.35. The molecule has 1 saturated heterocycles. The highest BCUT2D eigenvalue weighted by Gasteiger charge is 2.52. The molecule has 5 unspecified atom stereocenters. The third-order valence-electron chi connectivity index (χ3n) is 7.29. The first-order valence-corrected chi connectivity index (χ1v) is 12.2. The fourth-order valence-corrected chi connectivity index (χ4v) is 5.56. The average Bonchev–Trinajstić information content (AvgIpc) is 2.78. The highest BCUT2D eigenvalue weighted by atomic mass is 35.5. The zero-order valence-corrected chi connectivity index (χ0v) is 20.4. The van der Waals surface area contributed by atoms with Crippen molar-refractivity contribution in [2.75, 3.05) is 0 Å². The summed E-state index contributed by atoms with van der Waals surface area (Å²) >= 11 is 0. The molecule has 5 atom stereocenters. The minimum absolute atomic E-state index is 0. The Bertz CT molecular complexity index is 737. The molecule has 2 aromatic rings. The van der Waals surface area contributed by atoms with Gasteiger partial charge < -0.3 is 10.4 Å². The Kier molecular flexibility index (Phi) is 10.6. The predicted octanol–water partition coefficient (Wildman–Crippen LogP) is 7.64. The lowest BCUT2D eigenvalue weighted by molar-refractivity contribution is -0.126. The van der Waals surface area contributed by atoms with Crippen LogP contribution in [0.5, 0.6) is 0 Å². The van der Waals surface area contributed by atoms with Gasteiger partial charge in [-0.25, -0.2) is 0 Å². The van der Waals surface area contributed by atoms with Gasteiger partial charge in [0.25, 0.3) is 0 Å². The minimum atomic E-state index is -0.658. The first-order valence-electron chi connectivity index (χ1n) is 12.2. The Labute approximate surface area is 196 Å². The molecule has 1 heterocycles. The van der Waals surface area contributed by atoms with E-state index < -0.39 is 5.60 Å². The third-order valence-corrected chi connectivity index (χ3v) is 7.29. The molecule has 0 aliphatic carbocycles. The largest absolute Gasteiger partial charge is 0.389 e. The van der Waals surface area contributed by atoms with E-state index in [1.807, 2.05) is 0 Å². The van der Waals surface area contributed by atoms with E-state index in [4.69, 9.17) is 0 Å². The maximum atomic E-state index is 12.3. The summed E-state index contributed by atoms with van der Waals surface area (Å²) in [6.45, 7) is 6.77. The summed E-state index contributed by atoms with van der Waals surface area (Å²) in [5.74, 6) is 0.397. The van der Waals surface area contributed by atoms with Gasteiger partial charge in [-0.15, -0.1) is 12.4 Å². The standard InChI is InChI=1S/C28H41NO.ClH/c1-4-6-7-8-15-21-28(30)22(3)26(23-17-11-9-12-18-23)29-27(25(28)16-5-2)24-19-13-10-14-20-24;/h9-14,17-20,22,25-27,29-30H,4-8,15-16,21H2,1-3H3;1H. The third kappa shape index (κ3) is 6.12. The van der Waals surface area contributed by atoms with E-state index in [1.165, 1.54) is 36.8 Å². The van der Waals surface area contributed by atoms with E-state index >= 15 is 0 Å². The average molecular weight is 444 g/mol. The molecule has 2 N–H and O–H groups in total. The van der Waals surface area contributed by atoms with Crippen LogP contribution in [-0.4, -0.2) is 10.7 Å². The van der Waals surface area contributed by atoms with Gasteiger partial charge in [0.1, 0.15) is 0 Å². The van der Waals surface area contributed by atoms with Crippen LogP contribution in [0.2, 0.25) is 0 Å². The van der Waals surface area contributed by atoms with Gasteiger partial charge in [-0.3, -0.25) is 0 Å². The summed E-state index contributed by atoms with van der Waals surface area (Å²) in [5, 5.41) is 16.3. The molecule has 1 aliphatic rings. The van der Waals surface area contributed by atoms with Gasteiger partial charge in [0.15, 0.2) is 0 Å². The minimum Gasteiger partial charge on any atom is -0.389 e. The van der Waals surface area contributed by atoms with Gasteiger partial charge in [0.05, 0.1) is 5.60 Å². The summed E-state index contributed by atoms with van der Waals surface area (Å²) in [4.78, 5) is 0. The van der Waals surface area contributed by atoms with Gasteiger partial charge in [0.2, 0.25) is 0 Å². The fourth-order valence-electron chi connectivity index (χ4n) is 5.56. The van der Waals surface area contributed by atoms with Crippen molar-refractivity contribution in [1.29, 1.82) is 0 Å². The lowest BCUT2D eigenvalue weighted by Crippen LogP contribution is -2.58. The summed E-state index contributed by atoms with van der Waals surface area (Å²) in [7, 11) is 0. The number of hydrogen-bond acceptors (Lipinski definition) is 2. The molecule has 2 nitrogen and oxygen atoms in total. The molecular formula is C28H42ClNO. The maximum Gasteiger partial charge on any atom is 0.0737 e. The molecule has 0 radical (unpaired) electrons. The molecule has 1 aliphatic heterocycles. The maximum absolute atomic E-state index is 12.3. The van der Waals surface area contributed by atoms with E-state index in [0.29, 0.717) is 0 Å². The highest BCUT2D eigenvalue weighted by Crippen LogP contribution is 2.50. The smallest absolute Gasteiger partial charge is 0.0737 e. The van der Waals surface area contributed by atoms with Crippen LogP contribution in [0.15, 0.2) is 60.7 Å². The van der Waals surface area contributed by atoms with Crippen LogP contribution >= 0.6 is 12.4 Å². The Morgan fingerprint density at radius 1 is 0.774 bits per heavy atom. The molecule has 31 heavy (non-hydrogen) atoms. The molecule has 0 bridgehead atoms. The lowest BCUT2D eigenvalue weighted by Gasteiger charge is -2.53. The first-order chi connectivity index (χ1) is 14.6. The molecule has 0 amide bonds. The van der Waals surface area contributed by atoms with Crippen LogP contribution in [0, 0.1) is 11.8 Å². The van der Waals surface area contributed by atoms with E-state index in [2.05, 4.69) is 86.8 Å². The van der Waals surface area contributed by atoms with E-state index in [9.17, 15) is 5.11 Å². The zero-order chi connectivity index (χ0) is 21.4. The number of aliphatic hydroxyl groups is 1. The predicted molar refractivity (Wildman–Crippen MR) is 135 cm³/mol. The lowest BCUT2D eigenvalue weighted by atomic mass is 9.62. The fraction of sp³-hybridized carbons (Fsp3) is 0.571. The topological polar surface area (TPSA) is 32.3 Å². The molecule has 2 aromatic carbocycles. The van der Waals surface area contributed by atoms with E-state index in [0.717, 1.165) is 25.7 Å². The molecule has 0 spiro atoms. The Balaban J connectivity index is 0.00000341. The van der Waals surface area contributed by atoms with Crippen LogP contribution in [0.1, 0.15) is 95.3 Å². The summed E-state index contributed by atoms with van der Waals surface area (Å²) in [5.41, 5.74) is 1.92. The van der Waals surface area contributed by atoms with Crippen molar-refractivity contribution in [3.8, 4) is 0 Å². The van der Waals surface area contributed by atoms with Crippen molar-refractivity contribution in [3.05, 3.63) is 71.8 Å². The van der Waals surface area contributed by atoms with Crippen molar-refractivity contribution >= 4 is 12.4 Å². The SMILES string of the molecule is CCCCCCCC1(O)C(C)C(c2ccccc2)NC(c2ccccc2)C1CCC.Cl. The van der Waals surface area contributed by atoms with Crippen LogP contribution in [0.3, 0.4) is 0 Å². The van der Waals surface area contributed by atoms with Crippen molar-refractivity contribution in [3.63, 3.8) is 0 Å². The normalized spacial score (nSPS) is 28.1. The second-order valence-corrected chi connectivity index (χ2v) is 9.28. The van der Waals surface area contributed by atoms with Gasteiger partial charge in [-0.05, 0) is 24.0 Å². The molecule has 1 fully saturated rings. The van der Waals surface area contributed by atoms with Gasteiger partial charge in [0, 0.05) is 23.9 Å². The first kappa shape index (κ1) is 25.9. The molecule has 0 saturated carbocycles. The number of hydrogen-bond donors (Lipinski definition) is 2. The quantitative estimate of drug-likeness (QED) is 0.369. The summed E-state index contributed by atoms with van der Waals surface area (Å²) in [6, 6.07) is 21.8. The summed E-state index contributed by atoms with van der Waals surface area (Å²) < 4.78 is 0. The van der Waals surface area contributed by atoms with Crippen molar-refractivity contribution in [2.24, 2.45) is 11.8 Å². The van der Waals surface area contributed by atoms with Crippen LogP contribution in [0.25, 0.3) is 0 Å². The zero-order valence-electron chi connectivity index (χ0n) is 19.6. The van der Waals surface area contributed by atoms with Crippen LogP contribution < -0.4 is 5.32 Å². The summed E-state index contributed by atoms with van der Waals surface area (Å²) in [6.07, 6.45) is 9.22. The van der Waals surface area contributed by atoms with Crippen molar-refractivity contribution < 1.29 is 5.11 Å². The molecule has 3 heteroatoms. The second-order valence-electron chi connectivity index (χ2n) is 9.28. The highest BCUT2D eigenvalue weighted by molar-refractivity contribution is 5.85. The number of rotatable bonds is 10. The van der Waals surface area contributed by atoms with E-state index in [-0.39, 0.29) is 36.3 Å². The number of piperidine rings is 1. The Morgan fingerprint density at radius 3 is 1.87 bits per heavy atom. The molecule has 3 rings (SSSR count). The molecule has 0 aromatic heterocycles. The van der Waals surface area contributed by atoms with Gasteiger partial charge in [-0.1, -0.05) is 120 Å². The Morgan fingerprint density at radius 2 is 1.32 bits per heavy atom. The molecular weight excluding hydrogens is 402 g/mol. The molecule has 172 valence electrons. The number of benzene rings is 2. The van der Waals surface area contributed by atoms with Crippen LogP contribution in [-0.2, 0) is 0 Å². The number of unbranched alkanes of at least 4 members (excludes halogenated alkanes) is 4. The van der Waals surface area contributed by atoms with Gasteiger partial charge >= 0.3 is 0 Å². The van der Waals surface area contributed by atoms with Crippen molar-refractivity contribution in [1.82, 2.24) is 5.32 Å². The monoisotopic (exact) mass is 443 g/mol. The van der Waals surface area contributed by atoms with Crippen LogP contribution in [0.4, 0.5) is 0 Å². The number of nitrogens with one attached hydrogen (secondary N) is 1. The second kappa shape index (κ2) is 12.6.